The van der Waals surface area contributed by atoms with Crippen molar-refractivity contribution in [2.45, 2.75) is 43.7 Å². The molecule has 5 N–H and O–H groups in total. The average Bonchev–Trinajstić information content (AvgIpc) is 3.17. The first-order chi connectivity index (χ1) is 11.4. The molecule has 8 nitrogen and oxygen atoms in total. The Hall–Kier alpha value is -1.42. The topological polar surface area (TPSA) is 130 Å². The minimum atomic E-state index is -1.27. The minimum absolute atomic E-state index is 0.114. The molecule has 24 heavy (non-hydrogen) atoms. The summed E-state index contributed by atoms with van der Waals surface area (Å²) in [5.41, 5.74) is 5.93. The number of rotatable bonds is 5. The van der Waals surface area contributed by atoms with Gasteiger partial charge in [0.15, 0.2) is 22.8 Å². The number of nitrogens with two attached hydrogens (primary N) is 1. The van der Waals surface area contributed by atoms with Crippen molar-refractivity contribution < 1.29 is 15.3 Å². The fourth-order valence-electron chi connectivity index (χ4n) is 3.69. The van der Waals surface area contributed by atoms with Crippen LogP contribution in [-0.2, 0) is 0 Å². The summed E-state index contributed by atoms with van der Waals surface area (Å²) in [6.07, 6.45) is 3.33. The molecule has 0 spiro atoms. The number of thioether (sulfide) groups is 1. The average molecular weight is 353 g/mol. The van der Waals surface area contributed by atoms with Crippen LogP contribution in [0.2, 0.25) is 0 Å². The van der Waals surface area contributed by atoms with E-state index in [1.807, 2.05) is 13.2 Å². The largest absolute Gasteiger partial charge is 0.396 e. The van der Waals surface area contributed by atoms with Gasteiger partial charge in [-0.1, -0.05) is 25.1 Å². The fraction of sp³-hybridized carbons (Fsp3) is 0.667. The zero-order valence-electron chi connectivity index (χ0n) is 13.8. The maximum absolute atomic E-state index is 10.8. The normalized spacial score (nSPS) is 26.8. The van der Waals surface area contributed by atoms with Gasteiger partial charge in [0.2, 0.25) is 0 Å². The lowest BCUT2D eigenvalue weighted by atomic mass is 9.74. The van der Waals surface area contributed by atoms with Gasteiger partial charge in [-0.3, -0.25) is 4.57 Å². The number of hydrogen-bond donors (Lipinski definition) is 4. The van der Waals surface area contributed by atoms with Gasteiger partial charge in [-0.05, 0) is 25.0 Å². The highest BCUT2D eigenvalue weighted by molar-refractivity contribution is 7.98. The molecule has 0 saturated heterocycles. The number of imidazole rings is 1. The second-order valence-electron chi connectivity index (χ2n) is 6.46. The second-order valence-corrected chi connectivity index (χ2v) is 7.24. The zero-order valence-corrected chi connectivity index (χ0v) is 14.6. The first-order valence-electron chi connectivity index (χ1n) is 7.95. The Balaban J connectivity index is 2.02. The van der Waals surface area contributed by atoms with Gasteiger partial charge < -0.3 is 21.1 Å². The van der Waals surface area contributed by atoms with Crippen LogP contribution in [0, 0.1) is 11.3 Å². The van der Waals surface area contributed by atoms with E-state index in [4.69, 9.17) is 5.73 Å². The van der Waals surface area contributed by atoms with Gasteiger partial charge in [-0.25, -0.2) is 15.0 Å². The fourth-order valence-corrected chi connectivity index (χ4v) is 4.06. The summed E-state index contributed by atoms with van der Waals surface area (Å²) < 4.78 is 1.40. The van der Waals surface area contributed by atoms with Gasteiger partial charge in [0.1, 0.15) is 11.6 Å². The summed E-state index contributed by atoms with van der Waals surface area (Å²) in [7, 11) is 0. The molecule has 9 heteroatoms. The van der Waals surface area contributed by atoms with E-state index in [1.165, 1.54) is 22.7 Å². The van der Waals surface area contributed by atoms with Crippen LogP contribution >= 0.6 is 11.8 Å². The molecule has 0 unspecified atom stereocenters. The lowest BCUT2D eigenvalue weighted by Crippen LogP contribution is -2.45. The third-order valence-corrected chi connectivity index (χ3v) is 5.87. The Morgan fingerprint density at radius 2 is 2.21 bits per heavy atom. The molecule has 2 aromatic heterocycles. The molecule has 0 radical (unpaired) electrons. The predicted octanol–water partition coefficient (Wildman–Crippen LogP) is 0.781. The lowest BCUT2D eigenvalue weighted by Gasteiger charge is -2.39. The van der Waals surface area contributed by atoms with E-state index < -0.39 is 17.7 Å². The standard InChI is InChI=1S/C15H23N5O3S/c1-8-4-3-5-15(8,6-21)10(22)13(23)20-7-17-9-11(16)18-14(24-2)19-12(9)20/h7-8,10,13,21-23H,3-6H2,1-2H3,(H2,16,18,19)/t8-,10-,13+,15-/m0/s1. The number of aromatic nitrogens is 4. The molecule has 2 aromatic rings. The van der Waals surface area contributed by atoms with E-state index in [0.29, 0.717) is 22.7 Å². The Bertz CT molecular complexity index is 739. The molecular weight excluding hydrogens is 330 g/mol. The molecule has 0 bridgehead atoms. The first kappa shape index (κ1) is 17.4. The molecule has 0 aromatic carbocycles. The summed E-state index contributed by atoms with van der Waals surface area (Å²) in [5.74, 6) is 0.347. The van der Waals surface area contributed by atoms with Crippen molar-refractivity contribution in [3.8, 4) is 0 Å². The second kappa shape index (κ2) is 6.47. The van der Waals surface area contributed by atoms with E-state index in [9.17, 15) is 15.3 Å². The quantitative estimate of drug-likeness (QED) is 0.458. The van der Waals surface area contributed by atoms with E-state index in [-0.39, 0.29) is 18.3 Å². The van der Waals surface area contributed by atoms with Gasteiger partial charge in [-0.2, -0.15) is 0 Å². The summed E-state index contributed by atoms with van der Waals surface area (Å²) in [6.45, 7) is 1.82. The summed E-state index contributed by atoms with van der Waals surface area (Å²) in [4.78, 5) is 12.6. The molecule has 1 saturated carbocycles. The lowest BCUT2D eigenvalue weighted by molar-refractivity contribution is -0.127. The smallest absolute Gasteiger partial charge is 0.191 e. The highest BCUT2D eigenvalue weighted by atomic mass is 32.2. The molecule has 132 valence electrons. The molecule has 0 aliphatic heterocycles. The van der Waals surface area contributed by atoms with Crippen LogP contribution in [0.25, 0.3) is 11.2 Å². The van der Waals surface area contributed by atoms with Crippen LogP contribution in [0.5, 0.6) is 0 Å². The number of aliphatic hydroxyl groups is 3. The van der Waals surface area contributed by atoms with Gasteiger partial charge >= 0.3 is 0 Å². The molecule has 4 atom stereocenters. The van der Waals surface area contributed by atoms with Gasteiger partial charge in [0.05, 0.1) is 12.9 Å². The number of hydrogen-bond acceptors (Lipinski definition) is 8. The Morgan fingerprint density at radius 1 is 1.46 bits per heavy atom. The van der Waals surface area contributed by atoms with Crippen LogP contribution in [0.4, 0.5) is 5.82 Å². The van der Waals surface area contributed by atoms with Crippen LogP contribution in [-0.4, -0.2) is 53.8 Å². The molecule has 1 fully saturated rings. The van der Waals surface area contributed by atoms with Crippen LogP contribution in [0.15, 0.2) is 11.5 Å². The molecular formula is C15H23N5O3S. The first-order valence-corrected chi connectivity index (χ1v) is 9.18. The molecule has 1 aliphatic rings. The van der Waals surface area contributed by atoms with Crippen LogP contribution < -0.4 is 5.73 Å². The molecule has 3 rings (SSSR count). The minimum Gasteiger partial charge on any atom is -0.396 e. The van der Waals surface area contributed by atoms with Crippen molar-refractivity contribution in [2.24, 2.45) is 11.3 Å². The van der Waals surface area contributed by atoms with Crippen molar-refractivity contribution in [3.63, 3.8) is 0 Å². The van der Waals surface area contributed by atoms with Crippen LogP contribution in [0.3, 0.4) is 0 Å². The number of anilines is 1. The molecule has 0 amide bonds. The molecule has 1 aliphatic carbocycles. The summed E-state index contributed by atoms with van der Waals surface area (Å²) in [6, 6.07) is 0. The van der Waals surface area contributed by atoms with E-state index in [1.54, 1.807) is 0 Å². The third kappa shape index (κ3) is 2.55. The maximum Gasteiger partial charge on any atom is 0.191 e. The third-order valence-electron chi connectivity index (χ3n) is 5.32. The van der Waals surface area contributed by atoms with Gasteiger partial charge in [0, 0.05) is 5.41 Å². The summed E-state index contributed by atoms with van der Waals surface area (Å²) in [5, 5.41) is 32.0. The highest BCUT2D eigenvalue weighted by Crippen LogP contribution is 2.48. The number of nitrogen functional groups attached to an aromatic ring is 1. The SMILES string of the molecule is CSc1nc(N)c2ncn([C@H](O)[C@H](O)[C@]3(CO)CCC[C@@H]3C)c2n1. The van der Waals surface area contributed by atoms with Gasteiger partial charge in [-0.15, -0.1) is 0 Å². The van der Waals surface area contributed by atoms with Crippen molar-refractivity contribution in [1.82, 2.24) is 19.5 Å². The summed E-state index contributed by atoms with van der Waals surface area (Å²) >= 11 is 1.33. The van der Waals surface area contributed by atoms with Crippen molar-refractivity contribution in [3.05, 3.63) is 6.33 Å². The Morgan fingerprint density at radius 3 is 2.79 bits per heavy atom. The van der Waals surface area contributed by atoms with Crippen LogP contribution in [0.1, 0.15) is 32.4 Å². The maximum atomic E-state index is 10.8. The van der Waals surface area contributed by atoms with E-state index in [2.05, 4.69) is 15.0 Å². The van der Waals surface area contributed by atoms with Gasteiger partial charge in [0.25, 0.3) is 0 Å². The highest BCUT2D eigenvalue weighted by Gasteiger charge is 2.48. The number of aliphatic hydroxyl groups excluding tert-OH is 3. The van der Waals surface area contributed by atoms with E-state index in [0.717, 1.165) is 12.8 Å². The predicted molar refractivity (Wildman–Crippen MR) is 91.3 cm³/mol. The Kier molecular flexibility index (Phi) is 4.69. The monoisotopic (exact) mass is 353 g/mol. The van der Waals surface area contributed by atoms with Crippen molar-refractivity contribution in [2.75, 3.05) is 18.6 Å². The zero-order chi connectivity index (χ0) is 17.5. The number of nitrogens with zero attached hydrogens (tertiary/aromatic N) is 4. The molecule has 2 heterocycles. The van der Waals surface area contributed by atoms with E-state index >= 15 is 0 Å². The number of fused-ring (bicyclic) bond motifs is 1. The van der Waals surface area contributed by atoms with Crippen molar-refractivity contribution >= 4 is 28.7 Å². The Labute approximate surface area is 144 Å². The van der Waals surface area contributed by atoms with Crippen molar-refractivity contribution in [1.29, 1.82) is 0 Å².